The molecule has 1 aromatic carbocycles. The second kappa shape index (κ2) is 7.07. The predicted octanol–water partition coefficient (Wildman–Crippen LogP) is 2.27. The zero-order chi connectivity index (χ0) is 12.7. The Labute approximate surface area is 104 Å². The number of hydrogen-bond donors (Lipinski definition) is 2. The molecule has 3 N–H and O–H groups in total. The van der Waals surface area contributed by atoms with Crippen LogP contribution in [0.3, 0.4) is 0 Å². The van der Waals surface area contributed by atoms with E-state index < -0.39 is 0 Å². The average molecular weight is 233 g/mol. The van der Waals surface area contributed by atoms with E-state index in [9.17, 15) is 0 Å². The number of hydrogen-bond acceptors (Lipinski definition) is 2. The fraction of sp³-hybridized carbons (Fsp3) is 0.500. The minimum atomic E-state index is -0.205. The van der Waals surface area contributed by atoms with Crippen molar-refractivity contribution in [3.8, 4) is 0 Å². The van der Waals surface area contributed by atoms with Crippen LogP contribution in [0.4, 0.5) is 0 Å². The van der Waals surface area contributed by atoms with Gasteiger partial charge in [0.15, 0.2) is 0 Å². The fourth-order valence-electron chi connectivity index (χ4n) is 1.92. The van der Waals surface area contributed by atoms with Gasteiger partial charge in [-0.25, -0.2) is 0 Å². The highest BCUT2D eigenvalue weighted by molar-refractivity contribution is 5.84. The Balaban J connectivity index is 2.57. The van der Waals surface area contributed by atoms with Crippen LogP contribution in [-0.2, 0) is 6.42 Å². The molecule has 0 spiro atoms. The molecule has 0 aliphatic heterocycles. The van der Waals surface area contributed by atoms with E-state index in [-0.39, 0.29) is 6.04 Å². The molecule has 0 amide bonds. The van der Waals surface area contributed by atoms with Gasteiger partial charge < -0.3 is 10.6 Å². The lowest BCUT2D eigenvalue weighted by Gasteiger charge is -2.26. The van der Waals surface area contributed by atoms with Crippen LogP contribution in [0, 0.1) is 5.41 Å². The van der Waals surface area contributed by atoms with Crippen LogP contribution >= 0.6 is 0 Å². The standard InChI is InChI=1S/C14H23N3/c1-3-10-17(4-2)14(16)13(15)11-12-8-6-5-7-9-12/h5-9,13,16H,3-4,10-11,15H2,1-2H3. The van der Waals surface area contributed by atoms with Gasteiger partial charge in [-0.15, -0.1) is 0 Å². The van der Waals surface area contributed by atoms with E-state index in [2.05, 4.69) is 26.0 Å². The number of benzene rings is 1. The normalized spacial score (nSPS) is 12.2. The van der Waals surface area contributed by atoms with Crippen LogP contribution in [0.1, 0.15) is 25.8 Å². The van der Waals surface area contributed by atoms with Crippen molar-refractivity contribution < 1.29 is 0 Å². The second-order valence-corrected chi connectivity index (χ2v) is 4.26. The maximum Gasteiger partial charge on any atom is 0.113 e. The number of likely N-dealkylation sites (N-methyl/N-ethyl adjacent to an activating group) is 1. The zero-order valence-corrected chi connectivity index (χ0v) is 10.8. The molecule has 0 aliphatic rings. The molecule has 0 bridgehead atoms. The summed E-state index contributed by atoms with van der Waals surface area (Å²) < 4.78 is 0. The highest BCUT2D eigenvalue weighted by atomic mass is 15.2. The van der Waals surface area contributed by atoms with Crippen LogP contribution in [0.2, 0.25) is 0 Å². The molecule has 0 saturated carbocycles. The molecule has 1 atom stereocenters. The molecule has 0 fully saturated rings. The Morgan fingerprint density at radius 3 is 2.47 bits per heavy atom. The Bertz CT molecular complexity index is 335. The molecule has 0 saturated heterocycles. The molecule has 1 rings (SSSR count). The summed E-state index contributed by atoms with van der Waals surface area (Å²) in [5.41, 5.74) is 7.28. The van der Waals surface area contributed by atoms with E-state index >= 15 is 0 Å². The highest BCUT2D eigenvalue weighted by Crippen LogP contribution is 2.05. The van der Waals surface area contributed by atoms with Gasteiger partial charge in [-0.2, -0.15) is 0 Å². The minimum absolute atomic E-state index is 0.205. The Hall–Kier alpha value is -1.35. The van der Waals surface area contributed by atoms with Crippen molar-refractivity contribution in [2.45, 2.75) is 32.7 Å². The van der Waals surface area contributed by atoms with Gasteiger partial charge >= 0.3 is 0 Å². The summed E-state index contributed by atoms with van der Waals surface area (Å²) in [6, 6.07) is 9.93. The number of rotatable bonds is 6. The molecule has 3 nitrogen and oxygen atoms in total. The first-order valence-corrected chi connectivity index (χ1v) is 6.31. The van der Waals surface area contributed by atoms with Gasteiger partial charge in [0, 0.05) is 13.1 Å². The van der Waals surface area contributed by atoms with Gasteiger partial charge in [-0.3, -0.25) is 5.41 Å². The zero-order valence-electron chi connectivity index (χ0n) is 10.8. The van der Waals surface area contributed by atoms with Gasteiger partial charge in [0.25, 0.3) is 0 Å². The third kappa shape index (κ3) is 4.19. The SMILES string of the molecule is CCCN(CC)C(=N)C(N)Cc1ccccc1. The van der Waals surface area contributed by atoms with Crippen molar-refractivity contribution in [1.82, 2.24) is 4.90 Å². The van der Waals surface area contributed by atoms with Gasteiger partial charge in [-0.1, -0.05) is 37.3 Å². The number of nitrogens with two attached hydrogens (primary N) is 1. The van der Waals surface area contributed by atoms with E-state index in [1.807, 2.05) is 23.1 Å². The van der Waals surface area contributed by atoms with E-state index in [1.54, 1.807) is 0 Å². The van der Waals surface area contributed by atoms with Crippen molar-refractivity contribution in [3.05, 3.63) is 35.9 Å². The first-order valence-electron chi connectivity index (χ1n) is 6.31. The number of amidine groups is 1. The molecule has 0 heterocycles. The summed E-state index contributed by atoms with van der Waals surface area (Å²) in [4.78, 5) is 2.05. The second-order valence-electron chi connectivity index (χ2n) is 4.26. The minimum Gasteiger partial charge on any atom is -0.360 e. The van der Waals surface area contributed by atoms with Crippen molar-refractivity contribution in [3.63, 3.8) is 0 Å². The van der Waals surface area contributed by atoms with Crippen molar-refractivity contribution in [1.29, 1.82) is 5.41 Å². The predicted molar refractivity (Wildman–Crippen MR) is 73.4 cm³/mol. The van der Waals surface area contributed by atoms with Crippen molar-refractivity contribution >= 4 is 5.84 Å². The van der Waals surface area contributed by atoms with Crippen molar-refractivity contribution in [2.75, 3.05) is 13.1 Å². The van der Waals surface area contributed by atoms with E-state index in [0.29, 0.717) is 5.84 Å². The van der Waals surface area contributed by atoms with E-state index in [0.717, 1.165) is 25.9 Å². The lowest BCUT2D eigenvalue weighted by atomic mass is 10.1. The summed E-state index contributed by atoms with van der Waals surface area (Å²) >= 11 is 0. The molecule has 1 aromatic rings. The molecule has 1 unspecified atom stereocenters. The first-order chi connectivity index (χ1) is 8.19. The quantitative estimate of drug-likeness (QED) is 0.585. The lowest BCUT2D eigenvalue weighted by Crippen LogP contribution is -2.44. The maximum atomic E-state index is 8.11. The summed E-state index contributed by atoms with van der Waals surface area (Å²) in [7, 11) is 0. The van der Waals surface area contributed by atoms with Crippen LogP contribution in [0.5, 0.6) is 0 Å². The van der Waals surface area contributed by atoms with Gasteiger partial charge in [0.1, 0.15) is 5.84 Å². The van der Waals surface area contributed by atoms with E-state index in [1.165, 1.54) is 5.56 Å². The fourth-order valence-corrected chi connectivity index (χ4v) is 1.92. The summed E-state index contributed by atoms with van der Waals surface area (Å²) in [5.74, 6) is 0.554. The van der Waals surface area contributed by atoms with E-state index in [4.69, 9.17) is 11.1 Å². The largest absolute Gasteiger partial charge is 0.360 e. The molecule has 17 heavy (non-hydrogen) atoms. The molecule has 94 valence electrons. The molecule has 0 aliphatic carbocycles. The van der Waals surface area contributed by atoms with Crippen LogP contribution in [-0.4, -0.2) is 29.9 Å². The highest BCUT2D eigenvalue weighted by Gasteiger charge is 2.15. The smallest absolute Gasteiger partial charge is 0.113 e. The van der Waals surface area contributed by atoms with Crippen LogP contribution in [0.15, 0.2) is 30.3 Å². The monoisotopic (exact) mass is 233 g/mol. The maximum absolute atomic E-state index is 8.11. The van der Waals surface area contributed by atoms with Gasteiger partial charge in [-0.05, 0) is 25.3 Å². The molecule has 3 heteroatoms. The molecular weight excluding hydrogens is 210 g/mol. The van der Waals surface area contributed by atoms with Crippen LogP contribution in [0.25, 0.3) is 0 Å². The molecule has 0 aromatic heterocycles. The van der Waals surface area contributed by atoms with Crippen LogP contribution < -0.4 is 5.73 Å². The van der Waals surface area contributed by atoms with Gasteiger partial charge in [0.05, 0.1) is 6.04 Å². The number of nitrogens with one attached hydrogen (secondary N) is 1. The Morgan fingerprint density at radius 1 is 1.29 bits per heavy atom. The first kappa shape index (κ1) is 13.7. The third-order valence-corrected chi connectivity index (χ3v) is 2.87. The van der Waals surface area contributed by atoms with Crippen molar-refractivity contribution in [2.24, 2.45) is 5.73 Å². The molecular formula is C14H23N3. The third-order valence-electron chi connectivity index (χ3n) is 2.87. The topological polar surface area (TPSA) is 53.1 Å². The Morgan fingerprint density at radius 2 is 1.94 bits per heavy atom. The summed E-state index contributed by atoms with van der Waals surface area (Å²) in [6.07, 6.45) is 1.79. The van der Waals surface area contributed by atoms with Gasteiger partial charge in [0.2, 0.25) is 0 Å². The summed E-state index contributed by atoms with van der Waals surface area (Å²) in [6.45, 7) is 5.96. The average Bonchev–Trinajstić information content (AvgIpc) is 2.36. The Kier molecular flexibility index (Phi) is 5.70. The number of nitrogens with zero attached hydrogens (tertiary/aromatic N) is 1. The molecule has 0 radical (unpaired) electrons. The lowest BCUT2D eigenvalue weighted by molar-refractivity contribution is 0.419. The summed E-state index contributed by atoms with van der Waals surface area (Å²) in [5, 5.41) is 8.11.